The first-order valence-electron chi connectivity index (χ1n) is 7.74. The lowest BCUT2D eigenvalue weighted by Crippen LogP contribution is -2.46. The first kappa shape index (κ1) is 18.0. The summed E-state index contributed by atoms with van der Waals surface area (Å²) in [6, 6.07) is 8.20. The first-order valence-corrected chi connectivity index (χ1v) is 7.74. The van der Waals surface area contributed by atoms with Crippen LogP contribution in [-0.4, -0.2) is 18.5 Å². The molecule has 1 aliphatic carbocycles. The lowest BCUT2D eigenvalue weighted by atomic mass is 9.84. The molecule has 1 amide bonds. The fourth-order valence-electron chi connectivity index (χ4n) is 3.14. The maximum absolute atomic E-state index is 12.2. The van der Waals surface area contributed by atoms with E-state index in [2.05, 4.69) is 5.32 Å². The molecule has 1 aliphatic rings. The summed E-state index contributed by atoms with van der Waals surface area (Å²) in [5, 5.41) is 3.15. The predicted molar refractivity (Wildman–Crippen MR) is 89.7 cm³/mol. The first-order chi connectivity index (χ1) is 9.70. The SMILES string of the molecule is Cc1ccccc1CC(=O)NC(CN)C1CCCCC1.Cl. The van der Waals surface area contributed by atoms with Gasteiger partial charge < -0.3 is 11.1 Å². The molecule has 0 aromatic heterocycles. The van der Waals surface area contributed by atoms with Gasteiger partial charge in [0.05, 0.1) is 6.42 Å². The van der Waals surface area contributed by atoms with Crippen molar-refractivity contribution in [2.24, 2.45) is 11.7 Å². The molecule has 1 aromatic carbocycles. The standard InChI is InChI=1S/C17H26N2O.ClH/c1-13-7-5-6-10-15(13)11-17(20)19-16(12-18)14-8-3-2-4-9-14;/h5-7,10,14,16H,2-4,8-9,11-12,18H2,1H3,(H,19,20);1H. The third-order valence-corrected chi connectivity index (χ3v) is 4.43. The molecule has 4 heteroatoms. The summed E-state index contributed by atoms with van der Waals surface area (Å²) >= 11 is 0. The van der Waals surface area contributed by atoms with E-state index in [1.807, 2.05) is 31.2 Å². The second-order valence-electron chi connectivity index (χ2n) is 5.91. The van der Waals surface area contributed by atoms with Crippen LogP contribution < -0.4 is 11.1 Å². The molecule has 0 radical (unpaired) electrons. The van der Waals surface area contributed by atoms with Gasteiger partial charge in [0.2, 0.25) is 5.91 Å². The molecule has 1 saturated carbocycles. The Morgan fingerprint density at radius 3 is 2.57 bits per heavy atom. The highest BCUT2D eigenvalue weighted by atomic mass is 35.5. The van der Waals surface area contributed by atoms with Gasteiger partial charge in [0.15, 0.2) is 0 Å². The molecule has 1 fully saturated rings. The van der Waals surface area contributed by atoms with Gasteiger partial charge in [-0.3, -0.25) is 4.79 Å². The van der Waals surface area contributed by atoms with Crippen molar-refractivity contribution in [3.63, 3.8) is 0 Å². The van der Waals surface area contributed by atoms with E-state index in [1.165, 1.54) is 37.7 Å². The van der Waals surface area contributed by atoms with Crippen molar-refractivity contribution in [2.75, 3.05) is 6.54 Å². The van der Waals surface area contributed by atoms with E-state index in [-0.39, 0.29) is 24.4 Å². The summed E-state index contributed by atoms with van der Waals surface area (Å²) in [5.41, 5.74) is 8.13. The molecule has 3 N–H and O–H groups in total. The van der Waals surface area contributed by atoms with Crippen LogP contribution in [0.1, 0.15) is 43.2 Å². The fraction of sp³-hybridized carbons (Fsp3) is 0.588. The Morgan fingerprint density at radius 1 is 1.29 bits per heavy atom. The minimum absolute atomic E-state index is 0. The van der Waals surface area contributed by atoms with Gasteiger partial charge >= 0.3 is 0 Å². The quantitative estimate of drug-likeness (QED) is 0.878. The number of aryl methyl sites for hydroxylation is 1. The second kappa shape index (κ2) is 9.06. The van der Waals surface area contributed by atoms with Gasteiger partial charge in [-0.2, -0.15) is 0 Å². The van der Waals surface area contributed by atoms with Crippen LogP contribution in [0.5, 0.6) is 0 Å². The summed E-state index contributed by atoms with van der Waals surface area (Å²) in [5.74, 6) is 0.662. The maximum atomic E-state index is 12.2. The Kier molecular flexibility index (Phi) is 7.76. The highest BCUT2D eigenvalue weighted by molar-refractivity contribution is 5.85. The predicted octanol–water partition coefficient (Wildman–Crippen LogP) is 2.98. The van der Waals surface area contributed by atoms with Crippen molar-refractivity contribution >= 4 is 18.3 Å². The van der Waals surface area contributed by atoms with Crippen LogP contribution in [-0.2, 0) is 11.2 Å². The normalized spacial score (nSPS) is 16.9. The number of nitrogens with one attached hydrogen (secondary N) is 1. The summed E-state index contributed by atoms with van der Waals surface area (Å²) in [4.78, 5) is 12.2. The molecule has 1 atom stereocenters. The van der Waals surface area contributed by atoms with E-state index < -0.39 is 0 Å². The summed E-state index contributed by atoms with van der Waals surface area (Å²) in [6.07, 6.45) is 6.73. The van der Waals surface area contributed by atoms with Gasteiger partial charge in [-0.1, -0.05) is 43.5 Å². The number of rotatable bonds is 5. The number of amides is 1. The number of nitrogens with two attached hydrogens (primary N) is 1. The van der Waals surface area contributed by atoms with Crippen LogP contribution >= 0.6 is 12.4 Å². The van der Waals surface area contributed by atoms with E-state index in [0.717, 1.165) is 5.56 Å². The van der Waals surface area contributed by atoms with E-state index in [9.17, 15) is 4.79 Å². The zero-order valence-electron chi connectivity index (χ0n) is 12.8. The summed E-state index contributed by atoms with van der Waals surface area (Å²) in [6.45, 7) is 2.59. The van der Waals surface area contributed by atoms with Crippen molar-refractivity contribution in [1.29, 1.82) is 0 Å². The van der Waals surface area contributed by atoms with Gasteiger partial charge in [0.1, 0.15) is 0 Å². The van der Waals surface area contributed by atoms with Crippen molar-refractivity contribution in [1.82, 2.24) is 5.32 Å². The van der Waals surface area contributed by atoms with E-state index in [4.69, 9.17) is 5.73 Å². The number of hydrogen-bond donors (Lipinski definition) is 2. The zero-order valence-corrected chi connectivity index (χ0v) is 13.6. The lowest BCUT2D eigenvalue weighted by Gasteiger charge is -2.30. The van der Waals surface area contributed by atoms with Crippen LogP contribution in [0.25, 0.3) is 0 Å². The Labute approximate surface area is 134 Å². The third-order valence-electron chi connectivity index (χ3n) is 4.43. The minimum Gasteiger partial charge on any atom is -0.352 e. The molecule has 0 heterocycles. The molecule has 2 rings (SSSR count). The molecular formula is C17H27ClN2O. The summed E-state index contributed by atoms with van der Waals surface area (Å²) < 4.78 is 0. The average Bonchev–Trinajstić information content (AvgIpc) is 2.48. The molecule has 118 valence electrons. The van der Waals surface area contributed by atoms with Gasteiger partial charge in [0, 0.05) is 12.6 Å². The Morgan fingerprint density at radius 2 is 1.95 bits per heavy atom. The topological polar surface area (TPSA) is 55.1 Å². The van der Waals surface area contributed by atoms with Crippen molar-refractivity contribution in [2.45, 2.75) is 51.5 Å². The average molecular weight is 311 g/mol. The lowest BCUT2D eigenvalue weighted by molar-refractivity contribution is -0.121. The molecule has 0 saturated heterocycles. The number of benzene rings is 1. The molecule has 0 aliphatic heterocycles. The minimum atomic E-state index is 0. The van der Waals surface area contributed by atoms with Gasteiger partial charge in [-0.05, 0) is 36.8 Å². The highest BCUT2D eigenvalue weighted by Gasteiger charge is 2.23. The Hall–Kier alpha value is -1.06. The van der Waals surface area contributed by atoms with E-state index >= 15 is 0 Å². The molecular weight excluding hydrogens is 284 g/mol. The van der Waals surface area contributed by atoms with Crippen molar-refractivity contribution < 1.29 is 4.79 Å². The molecule has 1 unspecified atom stereocenters. The van der Waals surface area contributed by atoms with Gasteiger partial charge in [-0.15, -0.1) is 12.4 Å². The van der Waals surface area contributed by atoms with Crippen molar-refractivity contribution in [3.8, 4) is 0 Å². The van der Waals surface area contributed by atoms with E-state index in [1.54, 1.807) is 0 Å². The monoisotopic (exact) mass is 310 g/mol. The molecule has 21 heavy (non-hydrogen) atoms. The fourth-order valence-corrected chi connectivity index (χ4v) is 3.14. The van der Waals surface area contributed by atoms with Crippen LogP contribution in [0.4, 0.5) is 0 Å². The second-order valence-corrected chi connectivity index (χ2v) is 5.91. The molecule has 0 spiro atoms. The number of hydrogen-bond acceptors (Lipinski definition) is 2. The molecule has 0 bridgehead atoms. The van der Waals surface area contributed by atoms with E-state index in [0.29, 0.717) is 18.9 Å². The van der Waals surface area contributed by atoms with Crippen LogP contribution in [0.15, 0.2) is 24.3 Å². The van der Waals surface area contributed by atoms with Gasteiger partial charge in [0.25, 0.3) is 0 Å². The molecule has 3 nitrogen and oxygen atoms in total. The smallest absolute Gasteiger partial charge is 0.224 e. The number of carbonyl (C=O) groups is 1. The Bertz CT molecular complexity index is 444. The Balaban J connectivity index is 0.00000220. The summed E-state index contributed by atoms with van der Waals surface area (Å²) in [7, 11) is 0. The largest absolute Gasteiger partial charge is 0.352 e. The third kappa shape index (κ3) is 5.33. The highest BCUT2D eigenvalue weighted by Crippen LogP contribution is 2.26. The number of carbonyl (C=O) groups excluding carboxylic acids is 1. The van der Waals surface area contributed by atoms with Crippen LogP contribution in [0.2, 0.25) is 0 Å². The maximum Gasteiger partial charge on any atom is 0.224 e. The zero-order chi connectivity index (χ0) is 14.4. The van der Waals surface area contributed by atoms with Crippen LogP contribution in [0.3, 0.4) is 0 Å². The van der Waals surface area contributed by atoms with Gasteiger partial charge in [-0.25, -0.2) is 0 Å². The molecule has 1 aromatic rings. The number of halogens is 1. The van der Waals surface area contributed by atoms with Crippen LogP contribution in [0, 0.1) is 12.8 Å². The van der Waals surface area contributed by atoms with Crippen molar-refractivity contribution in [3.05, 3.63) is 35.4 Å².